The summed E-state index contributed by atoms with van der Waals surface area (Å²) < 4.78 is 13.1. The van der Waals surface area contributed by atoms with Crippen LogP contribution in [0, 0.1) is 0 Å². The van der Waals surface area contributed by atoms with Gasteiger partial charge in [0.05, 0.1) is 24.6 Å². The number of benzene rings is 1. The average molecular weight is 445 g/mol. The fourth-order valence-corrected chi connectivity index (χ4v) is 5.52. The van der Waals surface area contributed by atoms with Gasteiger partial charge in [0.1, 0.15) is 10.3 Å². The number of aromatic nitrogens is 2. The number of fused-ring (bicyclic) bond motifs is 2. The second-order valence-corrected chi connectivity index (χ2v) is 9.44. The molecule has 6 nitrogen and oxygen atoms in total. The summed E-state index contributed by atoms with van der Waals surface area (Å²) in [4.78, 5) is 31.7. The maximum atomic E-state index is 13.4. The van der Waals surface area contributed by atoms with E-state index in [-0.39, 0.29) is 22.8 Å². The van der Waals surface area contributed by atoms with E-state index in [9.17, 15) is 9.59 Å². The molecule has 158 valence electrons. The van der Waals surface area contributed by atoms with Crippen LogP contribution in [-0.2, 0) is 27.3 Å². The number of nitrogens with zero attached hydrogens (tertiary/aromatic N) is 2. The summed E-state index contributed by atoms with van der Waals surface area (Å²) in [6.45, 7) is 6.67. The zero-order valence-electron chi connectivity index (χ0n) is 17.3. The first-order valence-corrected chi connectivity index (χ1v) is 11.8. The van der Waals surface area contributed by atoms with Crippen LogP contribution in [0.2, 0.25) is 0 Å². The topological polar surface area (TPSA) is 70.4 Å². The van der Waals surface area contributed by atoms with Gasteiger partial charge in [-0.05, 0) is 32.4 Å². The van der Waals surface area contributed by atoms with Crippen molar-refractivity contribution in [3.8, 4) is 5.69 Å². The van der Waals surface area contributed by atoms with Crippen molar-refractivity contribution in [2.45, 2.75) is 51.0 Å². The molecule has 1 aliphatic heterocycles. The Kier molecular flexibility index (Phi) is 5.99. The highest BCUT2D eigenvalue weighted by atomic mass is 32.2. The van der Waals surface area contributed by atoms with Crippen LogP contribution in [0.3, 0.4) is 0 Å². The van der Waals surface area contributed by atoms with Gasteiger partial charge in [-0.3, -0.25) is 14.2 Å². The van der Waals surface area contributed by atoms with Gasteiger partial charge in [0.25, 0.3) is 0 Å². The number of hydrogen-bond acceptors (Lipinski definition) is 7. The first kappa shape index (κ1) is 21.1. The summed E-state index contributed by atoms with van der Waals surface area (Å²) >= 11 is 2.83. The lowest BCUT2D eigenvalue weighted by Gasteiger charge is -2.33. The van der Waals surface area contributed by atoms with E-state index in [1.807, 2.05) is 41.8 Å². The summed E-state index contributed by atoms with van der Waals surface area (Å²) in [5.41, 5.74) is 1.80. The molecule has 0 N–H and O–H groups in total. The van der Waals surface area contributed by atoms with Gasteiger partial charge >= 0.3 is 5.97 Å². The van der Waals surface area contributed by atoms with Gasteiger partial charge in [0, 0.05) is 22.5 Å². The summed E-state index contributed by atoms with van der Waals surface area (Å²) in [6, 6.07) is 9.77. The van der Waals surface area contributed by atoms with Crippen molar-refractivity contribution in [1.82, 2.24) is 9.55 Å². The molecule has 2 aromatic heterocycles. The lowest BCUT2D eigenvalue weighted by molar-refractivity contribution is -0.139. The van der Waals surface area contributed by atoms with E-state index in [2.05, 4.69) is 11.9 Å². The molecular formula is C22H24N2O4S2. The average Bonchev–Trinajstić information content (AvgIpc) is 3.12. The minimum absolute atomic E-state index is 0.0330. The highest BCUT2D eigenvalue weighted by Gasteiger charge is 2.33. The van der Waals surface area contributed by atoms with Crippen LogP contribution < -0.4 is 5.43 Å². The normalized spacial score (nSPS) is 18.4. The first-order chi connectivity index (χ1) is 14.5. The quantitative estimate of drug-likeness (QED) is 0.416. The number of carbonyl (C=O) groups is 1. The molecule has 1 atom stereocenters. The van der Waals surface area contributed by atoms with E-state index in [0.29, 0.717) is 30.3 Å². The molecule has 0 amide bonds. The molecule has 0 saturated heterocycles. The van der Waals surface area contributed by atoms with E-state index in [1.165, 1.54) is 11.8 Å². The molecule has 8 heteroatoms. The summed E-state index contributed by atoms with van der Waals surface area (Å²) in [5.74, 6) is -0.161. The fraction of sp³-hybridized carbons (Fsp3) is 0.409. The van der Waals surface area contributed by atoms with Gasteiger partial charge < -0.3 is 9.47 Å². The van der Waals surface area contributed by atoms with Crippen LogP contribution in [0.4, 0.5) is 0 Å². The summed E-state index contributed by atoms with van der Waals surface area (Å²) in [5, 5.41) is 0.610. The molecule has 30 heavy (non-hydrogen) atoms. The van der Waals surface area contributed by atoms with Gasteiger partial charge in [0.15, 0.2) is 5.16 Å². The van der Waals surface area contributed by atoms with Gasteiger partial charge in [-0.2, -0.15) is 0 Å². The molecule has 3 aromatic rings. The van der Waals surface area contributed by atoms with Crippen LogP contribution in [0.1, 0.15) is 37.6 Å². The third kappa shape index (κ3) is 3.91. The van der Waals surface area contributed by atoms with Gasteiger partial charge in [0.2, 0.25) is 5.43 Å². The molecule has 1 aliphatic rings. The SMILES string of the molecule is CCOC(=O)CSc1nc2c(=O)c3c(sc2n1-c1ccccc1)COC(C)(CC)C3. The van der Waals surface area contributed by atoms with Crippen molar-refractivity contribution >= 4 is 39.4 Å². The molecule has 1 aromatic carbocycles. The van der Waals surface area contributed by atoms with Crippen LogP contribution >= 0.6 is 23.1 Å². The molecule has 4 rings (SSSR count). The first-order valence-electron chi connectivity index (χ1n) is 10.0. The predicted octanol–water partition coefficient (Wildman–Crippen LogP) is 4.34. The highest BCUT2D eigenvalue weighted by Crippen LogP contribution is 2.36. The number of carbonyl (C=O) groups excluding carboxylic acids is 1. The maximum Gasteiger partial charge on any atom is 0.316 e. The summed E-state index contributed by atoms with van der Waals surface area (Å²) in [7, 11) is 0. The molecule has 0 bridgehead atoms. The van der Waals surface area contributed by atoms with Gasteiger partial charge in [-0.1, -0.05) is 36.9 Å². The molecular weight excluding hydrogens is 420 g/mol. The molecule has 0 spiro atoms. The van der Waals surface area contributed by atoms with E-state index in [0.717, 1.165) is 27.4 Å². The van der Waals surface area contributed by atoms with Gasteiger partial charge in [-0.25, -0.2) is 4.98 Å². The Balaban J connectivity index is 1.86. The molecule has 0 fully saturated rings. The summed E-state index contributed by atoms with van der Waals surface area (Å²) in [6.07, 6.45) is 1.43. The van der Waals surface area contributed by atoms with E-state index < -0.39 is 0 Å². The lowest BCUT2D eigenvalue weighted by atomic mass is 9.91. The van der Waals surface area contributed by atoms with E-state index in [4.69, 9.17) is 9.47 Å². The molecule has 0 aliphatic carbocycles. The number of ether oxygens (including phenoxy) is 2. The van der Waals surface area contributed by atoms with Crippen molar-refractivity contribution in [2.75, 3.05) is 12.4 Å². The van der Waals surface area contributed by atoms with Crippen molar-refractivity contribution in [1.29, 1.82) is 0 Å². The fourth-order valence-electron chi connectivity index (χ4n) is 3.49. The van der Waals surface area contributed by atoms with Crippen LogP contribution in [-0.4, -0.2) is 33.5 Å². The molecule has 1 unspecified atom stereocenters. The Morgan fingerprint density at radius 1 is 1.33 bits per heavy atom. The van der Waals surface area contributed by atoms with Crippen LogP contribution in [0.15, 0.2) is 40.3 Å². The Labute approximate surface area is 183 Å². The lowest BCUT2D eigenvalue weighted by Crippen LogP contribution is -2.37. The van der Waals surface area contributed by atoms with Crippen molar-refractivity contribution in [2.24, 2.45) is 0 Å². The van der Waals surface area contributed by atoms with Gasteiger partial charge in [-0.15, -0.1) is 11.3 Å². The largest absolute Gasteiger partial charge is 0.465 e. The smallest absolute Gasteiger partial charge is 0.316 e. The monoisotopic (exact) mass is 444 g/mol. The number of hydrogen-bond donors (Lipinski definition) is 0. The third-order valence-corrected chi connectivity index (χ3v) is 7.43. The third-order valence-electron chi connectivity index (χ3n) is 5.34. The second kappa shape index (κ2) is 8.53. The van der Waals surface area contributed by atoms with E-state index in [1.54, 1.807) is 18.3 Å². The zero-order valence-corrected chi connectivity index (χ0v) is 18.9. The van der Waals surface area contributed by atoms with Crippen LogP contribution in [0.5, 0.6) is 0 Å². The zero-order chi connectivity index (χ0) is 21.3. The maximum absolute atomic E-state index is 13.4. The number of thioether (sulfide) groups is 1. The Hall–Kier alpha value is -2.16. The number of rotatable bonds is 6. The second-order valence-electron chi connectivity index (χ2n) is 7.41. The van der Waals surface area contributed by atoms with Crippen LogP contribution in [0.25, 0.3) is 16.0 Å². The molecule has 0 radical (unpaired) electrons. The number of imidazole rings is 1. The van der Waals surface area contributed by atoms with Crippen molar-refractivity contribution < 1.29 is 14.3 Å². The predicted molar refractivity (Wildman–Crippen MR) is 120 cm³/mol. The Bertz CT molecular complexity index is 1140. The van der Waals surface area contributed by atoms with Crippen molar-refractivity contribution in [3.05, 3.63) is 51.0 Å². The van der Waals surface area contributed by atoms with E-state index >= 15 is 0 Å². The standard InChI is InChI=1S/C22H24N2O4S2/c1-4-22(3)11-15-16(12-28-22)30-20-18(19(15)26)23-21(29-13-17(25)27-5-2)24(20)14-9-7-6-8-10-14/h6-10H,4-5,11-13H2,1-3H3. The molecule has 0 saturated carbocycles. The Morgan fingerprint density at radius 3 is 2.80 bits per heavy atom. The Morgan fingerprint density at radius 2 is 2.10 bits per heavy atom. The minimum atomic E-state index is -0.323. The highest BCUT2D eigenvalue weighted by molar-refractivity contribution is 7.99. The van der Waals surface area contributed by atoms with Crippen molar-refractivity contribution in [3.63, 3.8) is 0 Å². The minimum Gasteiger partial charge on any atom is -0.465 e. The number of para-hydroxylation sites is 1. The molecule has 3 heterocycles. The number of esters is 1.